The normalized spacial score (nSPS) is 21.0. The summed E-state index contributed by atoms with van der Waals surface area (Å²) >= 11 is 0. The lowest BCUT2D eigenvalue weighted by molar-refractivity contribution is 0.0406. The van der Waals surface area contributed by atoms with E-state index in [9.17, 15) is 0 Å². The van der Waals surface area contributed by atoms with Crippen LogP contribution in [0, 0.1) is 0 Å². The van der Waals surface area contributed by atoms with Crippen LogP contribution in [0.4, 0.5) is 0 Å². The molecule has 0 amide bonds. The van der Waals surface area contributed by atoms with Gasteiger partial charge < -0.3 is 14.8 Å². The number of nitrogens with one attached hydrogen (secondary N) is 1. The average Bonchev–Trinajstić information content (AvgIpc) is 2.75. The van der Waals surface area contributed by atoms with E-state index in [1.165, 1.54) is 25.7 Å². The first-order valence-electron chi connectivity index (χ1n) is 6.33. The van der Waals surface area contributed by atoms with Crippen molar-refractivity contribution in [1.29, 1.82) is 0 Å². The van der Waals surface area contributed by atoms with Gasteiger partial charge in [0.15, 0.2) is 0 Å². The number of hydrogen-bond acceptors (Lipinski definition) is 3. The Kier molecular flexibility index (Phi) is 7.88. The summed E-state index contributed by atoms with van der Waals surface area (Å²) in [5.41, 5.74) is 0. The first kappa shape index (κ1) is 12.9. The molecule has 0 bridgehead atoms. The molecule has 0 aromatic rings. The third kappa shape index (κ3) is 6.88. The van der Waals surface area contributed by atoms with Crippen LogP contribution in [-0.4, -0.2) is 39.0 Å². The summed E-state index contributed by atoms with van der Waals surface area (Å²) in [6, 6.07) is 0. The lowest BCUT2D eigenvalue weighted by atomic mass is 10.2. The maximum absolute atomic E-state index is 5.69. The van der Waals surface area contributed by atoms with E-state index in [2.05, 4.69) is 12.2 Å². The van der Waals surface area contributed by atoms with Crippen molar-refractivity contribution in [1.82, 2.24) is 5.32 Å². The topological polar surface area (TPSA) is 30.5 Å². The fourth-order valence-electron chi connectivity index (χ4n) is 1.78. The molecule has 0 radical (unpaired) electrons. The first-order chi connectivity index (χ1) is 7.43. The smallest absolute Gasteiger partial charge is 0.0830 e. The zero-order chi connectivity index (χ0) is 10.8. The van der Waals surface area contributed by atoms with Crippen LogP contribution < -0.4 is 5.32 Å². The van der Waals surface area contributed by atoms with Crippen LogP contribution in [0.5, 0.6) is 0 Å². The number of ether oxygens (including phenoxy) is 2. The molecule has 1 unspecified atom stereocenters. The zero-order valence-electron chi connectivity index (χ0n) is 9.96. The van der Waals surface area contributed by atoms with Crippen molar-refractivity contribution in [2.45, 2.75) is 45.1 Å². The Morgan fingerprint density at radius 2 is 2.13 bits per heavy atom. The summed E-state index contributed by atoms with van der Waals surface area (Å²) < 4.78 is 10.9. The van der Waals surface area contributed by atoms with Crippen LogP contribution in [0.25, 0.3) is 0 Å². The van der Waals surface area contributed by atoms with Gasteiger partial charge in [0.05, 0.1) is 12.7 Å². The van der Waals surface area contributed by atoms with E-state index in [0.717, 1.165) is 39.3 Å². The second-order valence-electron chi connectivity index (χ2n) is 4.12. The summed E-state index contributed by atoms with van der Waals surface area (Å²) in [4.78, 5) is 0. The van der Waals surface area contributed by atoms with E-state index >= 15 is 0 Å². The van der Waals surface area contributed by atoms with E-state index in [4.69, 9.17) is 9.47 Å². The van der Waals surface area contributed by atoms with E-state index in [0.29, 0.717) is 6.10 Å². The second-order valence-corrected chi connectivity index (χ2v) is 4.12. The van der Waals surface area contributed by atoms with Crippen molar-refractivity contribution in [2.75, 3.05) is 32.9 Å². The molecule has 15 heavy (non-hydrogen) atoms. The van der Waals surface area contributed by atoms with Gasteiger partial charge in [-0.15, -0.1) is 0 Å². The average molecular weight is 215 g/mol. The predicted octanol–water partition coefficient (Wildman–Crippen LogP) is 1.96. The van der Waals surface area contributed by atoms with Gasteiger partial charge in [-0.1, -0.05) is 19.8 Å². The summed E-state index contributed by atoms with van der Waals surface area (Å²) in [6.45, 7) is 7.00. The highest BCUT2D eigenvalue weighted by molar-refractivity contribution is 4.62. The third-order valence-corrected chi connectivity index (χ3v) is 2.74. The molecule has 1 aliphatic heterocycles. The molecule has 1 N–H and O–H groups in total. The highest BCUT2D eigenvalue weighted by Crippen LogP contribution is 2.09. The van der Waals surface area contributed by atoms with Crippen LogP contribution in [0.1, 0.15) is 39.0 Å². The SMILES string of the molecule is CCNCCCCCCOC1CCOC1. The van der Waals surface area contributed by atoms with Gasteiger partial charge in [-0.3, -0.25) is 0 Å². The molecule has 0 aromatic carbocycles. The van der Waals surface area contributed by atoms with Crippen molar-refractivity contribution in [2.24, 2.45) is 0 Å². The minimum absolute atomic E-state index is 0.381. The third-order valence-electron chi connectivity index (χ3n) is 2.74. The van der Waals surface area contributed by atoms with Gasteiger partial charge in [-0.2, -0.15) is 0 Å². The Morgan fingerprint density at radius 1 is 1.27 bits per heavy atom. The molecule has 0 spiro atoms. The van der Waals surface area contributed by atoms with Gasteiger partial charge >= 0.3 is 0 Å². The van der Waals surface area contributed by atoms with E-state index in [1.54, 1.807) is 0 Å². The van der Waals surface area contributed by atoms with E-state index < -0.39 is 0 Å². The van der Waals surface area contributed by atoms with Crippen molar-refractivity contribution < 1.29 is 9.47 Å². The van der Waals surface area contributed by atoms with Gasteiger partial charge in [-0.25, -0.2) is 0 Å². The molecule has 0 aliphatic carbocycles. The molecule has 90 valence electrons. The van der Waals surface area contributed by atoms with Crippen molar-refractivity contribution in [3.63, 3.8) is 0 Å². The van der Waals surface area contributed by atoms with Crippen molar-refractivity contribution >= 4 is 0 Å². The number of rotatable bonds is 9. The van der Waals surface area contributed by atoms with Crippen LogP contribution in [0.2, 0.25) is 0 Å². The molecule has 1 heterocycles. The Balaban J connectivity index is 1.73. The molecular weight excluding hydrogens is 190 g/mol. The summed E-state index contributed by atoms with van der Waals surface area (Å²) in [5, 5.41) is 3.34. The Labute approximate surface area is 93.5 Å². The predicted molar refractivity (Wildman–Crippen MR) is 62.2 cm³/mol. The first-order valence-corrected chi connectivity index (χ1v) is 6.33. The Morgan fingerprint density at radius 3 is 2.87 bits per heavy atom. The van der Waals surface area contributed by atoms with Crippen LogP contribution in [0.3, 0.4) is 0 Å². The maximum Gasteiger partial charge on any atom is 0.0830 e. The van der Waals surface area contributed by atoms with Gasteiger partial charge in [0, 0.05) is 13.2 Å². The lowest BCUT2D eigenvalue weighted by Gasteiger charge is -2.09. The largest absolute Gasteiger partial charge is 0.379 e. The standard InChI is InChI=1S/C12H25NO2/c1-2-13-8-5-3-4-6-9-15-12-7-10-14-11-12/h12-13H,2-11H2,1H3. The molecular formula is C12H25NO2. The Bertz CT molecular complexity index is 136. The molecule has 0 aromatic heterocycles. The maximum atomic E-state index is 5.69. The molecule has 1 fully saturated rings. The fourth-order valence-corrected chi connectivity index (χ4v) is 1.78. The van der Waals surface area contributed by atoms with Crippen LogP contribution in [-0.2, 0) is 9.47 Å². The molecule has 3 nitrogen and oxygen atoms in total. The van der Waals surface area contributed by atoms with Gasteiger partial charge in [0.25, 0.3) is 0 Å². The van der Waals surface area contributed by atoms with Gasteiger partial charge in [0.1, 0.15) is 0 Å². The molecule has 1 aliphatic rings. The minimum Gasteiger partial charge on any atom is -0.379 e. The molecule has 0 saturated carbocycles. The van der Waals surface area contributed by atoms with Crippen LogP contribution in [0.15, 0.2) is 0 Å². The summed E-state index contributed by atoms with van der Waals surface area (Å²) in [5.74, 6) is 0. The van der Waals surface area contributed by atoms with E-state index in [1.807, 2.05) is 0 Å². The minimum atomic E-state index is 0.381. The summed E-state index contributed by atoms with van der Waals surface area (Å²) in [7, 11) is 0. The summed E-state index contributed by atoms with van der Waals surface area (Å²) in [6.07, 6.45) is 6.56. The van der Waals surface area contributed by atoms with Gasteiger partial charge in [-0.05, 0) is 32.4 Å². The lowest BCUT2D eigenvalue weighted by Crippen LogP contribution is -2.14. The highest BCUT2D eigenvalue weighted by atomic mass is 16.5. The van der Waals surface area contributed by atoms with Crippen molar-refractivity contribution in [3.8, 4) is 0 Å². The molecule has 1 rings (SSSR count). The quantitative estimate of drug-likeness (QED) is 0.596. The van der Waals surface area contributed by atoms with E-state index in [-0.39, 0.29) is 0 Å². The monoisotopic (exact) mass is 215 g/mol. The molecule has 1 atom stereocenters. The Hall–Kier alpha value is -0.120. The fraction of sp³-hybridized carbons (Fsp3) is 1.00. The van der Waals surface area contributed by atoms with Crippen molar-refractivity contribution in [3.05, 3.63) is 0 Å². The highest BCUT2D eigenvalue weighted by Gasteiger charge is 2.14. The molecule has 3 heteroatoms. The number of unbranched alkanes of at least 4 members (excludes halogenated alkanes) is 3. The zero-order valence-corrected chi connectivity index (χ0v) is 9.96. The van der Waals surface area contributed by atoms with Crippen LogP contribution >= 0.6 is 0 Å². The van der Waals surface area contributed by atoms with Gasteiger partial charge in [0.2, 0.25) is 0 Å². The second kappa shape index (κ2) is 9.13. The molecule has 1 saturated heterocycles. The number of hydrogen-bond donors (Lipinski definition) is 1.